The van der Waals surface area contributed by atoms with Crippen LogP contribution < -0.4 is 10.6 Å². The van der Waals surface area contributed by atoms with Gasteiger partial charge in [-0.15, -0.1) is 0 Å². The highest BCUT2D eigenvalue weighted by atomic mass is 35.5. The van der Waals surface area contributed by atoms with Gasteiger partial charge in [-0.05, 0) is 49.2 Å². The molecule has 0 aliphatic heterocycles. The van der Waals surface area contributed by atoms with Crippen molar-refractivity contribution < 1.29 is 4.39 Å². The first-order valence-electron chi connectivity index (χ1n) is 6.93. The van der Waals surface area contributed by atoms with E-state index in [1.807, 2.05) is 56.1 Å². The van der Waals surface area contributed by atoms with Crippen LogP contribution in [0.4, 0.5) is 10.1 Å². The van der Waals surface area contributed by atoms with E-state index < -0.39 is 0 Å². The topological polar surface area (TPSA) is 29.3 Å². The summed E-state index contributed by atoms with van der Waals surface area (Å²) in [6, 6.07) is 12.6. The Bertz CT molecular complexity index is 611. The van der Waals surface area contributed by atoms with Gasteiger partial charge in [-0.25, -0.2) is 4.39 Å². The van der Waals surface area contributed by atoms with Crippen LogP contribution in [0.3, 0.4) is 0 Å². The Balaban J connectivity index is 2.26. The highest BCUT2D eigenvalue weighted by Gasteiger charge is 2.16. The van der Waals surface area contributed by atoms with Crippen molar-refractivity contribution in [2.24, 2.45) is 5.73 Å². The van der Waals surface area contributed by atoms with Crippen LogP contribution in [0.5, 0.6) is 0 Å². The van der Waals surface area contributed by atoms with Crippen molar-refractivity contribution in [2.75, 3.05) is 11.9 Å². The summed E-state index contributed by atoms with van der Waals surface area (Å²) in [7, 11) is 1.88. The smallest absolute Gasteiger partial charge is 0.146 e. The molecule has 0 amide bonds. The first kappa shape index (κ1) is 15.8. The van der Waals surface area contributed by atoms with Gasteiger partial charge in [0.15, 0.2) is 0 Å². The summed E-state index contributed by atoms with van der Waals surface area (Å²) in [6.45, 7) is 3.87. The maximum atomic E-state index is 14.3. The molecule has 0 saturated heterocycles. The number of halogens is 2. The molecule has 2 N–H and O–H groups in total. The fraction of sp³-hybridized carbons (Fsp3) is 0.294. The summed E-state index contributed by atoms with van der Waals surface area (Å²) in [5.41, 5.74) is 8.21. The van der Waals surface area contributed by atoms with Crippen molar-refractivity contribution in [2.45, 2.75) is 25.9 Å². The third-order valence-corrected chi connectivity index (χ3v) is 4.06. The van der Waals surface area contributed by atoms with Gasteiger partial charge in [0.1, 0.15) is 5.82 Å². The summed E-state index contributed by atoms with van der Waals surface area (Å²) in [4.78, 5) is 1.91. The quantitative estimate of drug-likeness (QED) is 0.887. The van der Waals surface area contributed by atoms with Crippen LogP contribution in [0.2, 0.25) is 5.02 Å². The minimum Gasteiger partial charge on any atom is -0.365 e. The number of benzene rings is 2. The second-order valence-electron chi connectivity index (χ2n) is 5.34. The molecule has 2 atom stereocenters. The van der Waals surface area contributed by atoms with Crippen molar-refractivity contribution in [1.82, 2.24) is 0 Å². The maximum absolute atomic E-state index is 14.3. The SMILES string of the molecule is CC(N)c1ccc(N(C)C(C)c2ccc(Cl)cc2)c(F)c1. The first-order chi connectivity index (χ1) is 9.90. The fourth-order valence-corrected chi connectivity index (χ4v) is 2.39. The van der Waals surface area contributed by atoms with Gasteiger partial charge in [0.2, 0.25) is 0 Å². The van der Waals surface area contributed by atoms with Crippen LogP contribution in [0.15, 0.2) is 42.5 Å². The number of rotatable bonds is 4. The Morgan fingerprint density at radius 2 is 1.62 bits per heavy atom. The van der Waals surface area contributed by atoms with Gasteiger partial charge in [0, 0.05) is 18.1 Å². The molecule has 0 bridgehead atoms. The monoisotopic (exact) mass is 306 g/mol. The second-order valence-corrected chi connectivity index (χ2v) is 5.77. The summed E-state index contributed by atoms with van der Waals surface area (Å²) in [5, 5.41) is 0.695. The largest absolute Gasteiger partial charge is 0.365 e. The van der Waals surface area contributed by atoms with Crippen LogP contribution in [0.1, 0.15) is 37.1 Å². The predicted molar refractivity (Wildman–Crippen MR) is 87.3 cm³/mol. The van der Waals surface area contributed by atoms with E-state index in [-0.39, 0.29) is 17.9 Å². The van der Waals surface area contributed by atoms with E-state index in [1.54, 1.807) is 6.07 Å². The van der Waals surface area contributed by atoms with Crippen molar-refractivity contribution in [3.8, 4) is 0 Å². The lowest BCUT2D eigenvalue weighted by atomic mass is 10.0. The molecule has 2 rings (SSSR count). The van der Waals surface area contributed by atoms with Crippen LogP contribution in [0.25, 0.3) is 0 Å². The number of nitrogens with two attached hydrogens (primary N) is 1. The van der Waals surface area contributed by atoms with Crippen molar-refractivity contribution in [3.63, 3.8) is 0 Å². The molecular formula is C17H20ClFN2. The highest BCUT2D eigenvalue weighted by molar-refractivity contribution is 6.30. The zero-order valence-electron chi connectivity index (χ0n) is 12.5. The summed E-state index contributed by atoms with van der Waals surface area (Å²) >= 11 is 5.90. The molecule has 112 valence electrons. The van der Waals surface area contributed by atoms with E-state index in [9.17, 15) is 4.39 Å². The Morgan fingerprint density at radius 1 is 1.05 bits per heavy atom. The Hall–Kier alpha value is -1.58. The molecular weight excluding hydrogens is 287 g/mol. The van der Waals surface area contributed by atoms with E-state index >= 15 is 0 Å². The lowest BCUT2D eigenvalue weighted by Gasteiger charge is -2.28. The minimum absolute atomic E-state index is 0.0397. The molecule has 0 aliphatic rings. The summed E-state index contributed by atoms with van der Waals surface area (Å²) in [6.07, 6.45) is 0. The van der Waals surface area contributed by atoms with Crippen molar-refractivity contribution >= 4 is 17.3 Å². The van der Waals surface area contributed by atoms with Crippen LogP contribution >= 0.6 is 11.6 Å². The minimum atomic E-state index is -0.256. The van der Waals surface area contributed by atoms with E-state index in [0.717, 1.165) is 11.1 Å². The van der Waals surface area contributed by atoms with Crippen molar-refractivity contribution in [3.05, 3.63) is 64.4 Å². The lowest BCUT2D eigenvalue weighted by Crippen LogP contribution is -2.22. The summed E-state index contributed by atoms with van der Waals surface area (Å²) in [5.74, 6) is -0.256. The Morgan fingerprint density at radius 3 is 2.14 bits per heavy atom. The van der Waals surface area contributed by atoms with Crippen molar-refractivity contribution in [1.29, 1.82) is 0 Å². The fourth-order valence-electron chi connectivity index (χ4n) is 2.27. The van der Waals surface area contributed by atoms with Crippen LogP contribution in [-0.4, -0.2) is 7.05 Å². The number of nitrogens with zero attached hydrogens (tertiary/aromatic N) is 1. The molecule has 0 aromatic heterocycles. The lowest BCUT2D eigenvalue weighted by molar-refractivity contribution is 0.607. The van der Waals surface area contributed by atoms with Gasteiger partial charge >= 0.3 is 0 Å². The van der Waals surface area contributed by atoms with E-state index in [4.69, 9.17) is 17.3 Å². The molecule has 0 radical (unpaired) electrons. The van der Waals surface area contributed by atoms with Crippen LogP contribution in [0, 0.1) is 5.82 Å². The molecule has 0 fully saturated rings. The van der Waals surface area contributed by atoms with Crippen LogP contribution in [-0.2, 0) is 0 Å². The zero-order chi connectivity index (χ0) is 15.6. The summed E-state index contributed by atoms with van der Waals surface area (Å²) < 4.78 is 14.3. The molecule has 2 nitrogen and oxygen atoms in total. The molecule has 2 aromatic rings. The number of anilines is 1. The average molecular weight is 307 g/mol. The van der Waals surface area contributed by atoms with Gasteiger partial charge in [0.05, 0.1) is 11.7 Å². The van der Waals surface area contributed by atoms with Gasteiger partial charge in [-0.2, -0.15) is 0 Å². The molecule has 4 heteroatoms. The predicted octanol–water partition coefficient (Wildman–Crippen LogP) is 4.70. The van der Waals surface area contributed by atoms with Gasteiger partial charge < -0.3 is 10.6 Å². The molecule has 0 saturated carbocycles. The molecule has 2 unspecified atom stereocenters. The normalized spacial score (nSPS) is 13.8. The zero-order valence-corrected chi connectivity index (χ0v) is 13.2. The maximum Gasteiger partial charge on any atom is 0.146 e. The van der Waals surface area contributed by atoms with E-state index in [0.29, 0.717) is 10.7 Å². The number of hydrogen-bond acceptors (Lipinski definition) is 2. The second kappa shape index (κ2) is 6.46. The molecule has 0 spiro atoms. The molecule has 0 aliphatic carbocycles. The first-order valence-corrected chi connectivity index (χ1v) is 7.31. The number of hydrogen-bond donors (Lipinski definition) is 1. The third kappa shape index (κ3) is 3.55. The van der Waals surface area contributed by atoms with E-state index in [2.05, 4.69) is 0 Å². The van der Waals surface area contributed by atoms with Gasteiger partial charge in [-0.3, -0.25) is 0 Å². The molecule has 2 aromatic carbocycles. The Labute approximate surface area is 130 Å². The highest BCUT2D eigenvalue weighted by Crippen LogP contribution is 2.29. The van der Waals surface area contributed by atoms with E-state index in [1.165, 1.54) is 6.07 Å². The Kier molecular flexibility index (Phi) is 4.86. The standard InChI is InChI=1S/C17H20ClFN2/c1-11(20)14-6-9-17(16(19)10-14)21(3)12(2)13-4-7-15(18)8-5-13/h4-12H,20H2,1-3H3. The third-order valence-electron chi connectivity index (χ3n) is 3.81. The molecule has 21 heavy (non-hydrogen) atoms. The molecule has 0 heterocycles. The van der Waals surface area contributed by atoms with Gasteiger partial charge in [0.25, 0.3) is 0 Å². The average Bonchev–Trinajstić information content (AvgIpc) is 2.46. The van der Waals surface area contributed by atoms with Gasteiger partial charge in [-0.1, -0.05) is 29.8 Å².